The third-order valence-electron chi connectivity index (χ3n) is 3.09. The summed E-state index contributed by atoms with van der Waals surface area (Å²) < 4.78 is 40.1. The highest BCUT2D eigenvalue weighted by atomic mass is 19.1. The third kappa shape index (κ3) is 3.10. The molecule has 0 radical (unpaired) electrons. The van der Waals surface area contributed by atoms with Crippen LogP contribution in [0.25, 0.3) is 0 Å². The molecule has 2 rings (SSSR count). The second kappa shape index (κ2) is 5.94. The lowest BCUT2D eigenvalue weighted by Gasteiger charge is -2.18. The highest BCUT2D eigenvalue weighted by Gasteiger charge is 2.14. The van der Waals surface area contributed by atoms with E-state index in [1.807, 2.05) is 6.92 Å². The molecule has 5 heteroatoms. The van der Waals surface area contributed by atoms with Gasteiger partial charge in [-0.15, -0.1) is 0 Å². The Morgan fingerprint density at radius 1 is 1.15 bits per heavy atom. The molecular weight excluding hydrogens is 265 g/mol. The zero-order valence-corrected chi connectivity index (χ0v) is 11.3. The van der Waals surface area contributed by atoms with Crippen LogP contribution in [0.1, 0.15) is 30.6 Å². The zero-order valence-electron chi connectivity index (χ0n) is 11.3. The first-order valence-corrected chi connectivity index (χ1v) is 6.35. The Labute approximate surface area is 115 Å². The van der Waals surface area contributed by atoms with Gasteiger partial charge in [0.05, 0.1) is 23.6 Å². The van der Waals surface area contributed by atoms with Crippen LogP contribution in [0.2, 0.25) is 0 Å². The predicted octanol–water partition coefficient (Wildman–Crippen LogP) is 4.37. The molecule has 0 fully saturated rings. The van der Waals surface area contributed by atoms with Crippen LogP contribution in [0.15, 0.2) is 30.5 Å². The molecule has 1 aromatic carbocycles. The average molecular weight is 280 g/mol. The van der Waals surface area contributed by atoms with E-state index in [4.69, 9.17) is 0 Å². The fourth-order valence-electron chi connectivity index (χ4n) is 1.92. The lowest BCUT2D eigenvalue weighted by Crippen LogP contribution is -2.13. The van der Waals surface area contributed by atoms with E-state index >= 15 is 0 Å². The molecule has 0 saturated carbocycles. The van der Waals surface area contributed by atoms with Gasteiger partial charge >= 0.3 is 0 Å². The van der Waals surface area contributed by atoms with E-state index in [9.17, 15) is 13.2 Å². The molecule has 1 aromatic heterocycles. The smallest absolute Gasteiger partial charge is 0.146 e. The summed E-state index contributed by atoms with van der Waals surface area (Å²) >= 11 is 0. The minimum absolute atomic E-state index is 0.0751. The van der Waals surface area contributed by atoms with Crippen LogP contribution in [0, 0.1) is 24.4 Å². The number of nitrogens with one attached hydrogen (secondary N) is 1. The van der Waals surface area contributed by atoms with Crippen LogP contribution in [-0.4, -0.2) is 4.98 Å². The van der Waals surface area contributed by atoms with Gasteiger partial charge in [0, 0.05) is 6.07 Å². The van der Waals surface area contributed by atoms with Crippen LogP contribution in [0.3, 0.4) is 0 Å². The van der Waals surface area contributed by atoms with Gasteiger partial charge in [0.25, 0.3) is 0 Å². The number of halogens is 3. The number of anilines is 1. The maximum atomic E-state index is 13.8. The van der Waals surface area contributed by atoms with Crippen molar-refractivity contribution in [3.8, 4) is 0 Å². The summed E-state index contributed by atoms with van der Waals surface area (Å²) in [4.78, 5) is 3.96. The Balaban J connectivity index is 2.26. The minimum Gasteiger partial charge on any atom is -0.374 e. The van der Waals surface area contributed by atoms with Crippen molar-refractivity contribution in [2.75, 3.05) is 5.32 Å². The fraction of sp³-hybridized carbons (Fsp3) is 0.267. The van der Waals surface area contributed by atoms with Crippen LogP contribution in [-0.2, 0) is 0 Å². The first kappa shape index (κ1) is 14.4. The number of hydrogen-bond acceptors (Lipinski definition) is 2. The maximum absolute atomic E-state index is 13.8. The van der Waals surface area contributed by atoms with Crippen LogP contribution in [0.5, 0.6) is 0 Å². The Kier molecular flexibility index (Phi) is 4.27. The molecule has 20 heavy (non-hydrogen) atoms. The molecule has 0 aliphatic carbocycles. The molecule has 1 N–H and O–H groups in total. The molecule has 0 spiro atoms. The van der Waals surface area contributed by atoms with Gasteiger partial charge in [-0.2, -0.15) is 0 Å². The summed E-state index contributed by atoms with van der Waals surface area (Å²) in [5.74, 6) is -1.43. The van der Waals surface area contributed by atoms with Gasteiger partial charge in [0.1, 0.15) is 17.5 Å². The number of benzene rings is 1. The molecule has 0 aliphatic heterocycles. The van der Waals surface area contributed by atoms with Crippen molar-refractivity contribution >= 4 is 5.69 Å². The first-order chi connectivity index (χ1) is 9.51. The number of aryl methyl sites for hydroxylation is 1. The number of rotatable bonds is 4. The second-order valence-electron chi connectivity index (χ2n) is 4.59. The largest absolute Gasteiger partial charge is 0.374 e. The molecule has 2 aromatic rings. The Morgan fingerprint density at radius 3 is 2.50 bits per heavy atom. The van der Waals surface area contributed by atoms with Gasteiger partial charge in [0.2, 0.25) is 0 Å². The summed E-state index contributed by atoms with van der Waals surface area (Å²) in [6.45, 7) is 3.38. The lowest BCUT2D eigenvalue weighted by atomic mass is 10.1. The van der Waals surface area contributed by atoms with E-state index in [1.54, 1.807) is 0 Å². The van der Waals surface area contributed by atoms with Gasteiger partial charge in [-0.25, -0.2) is 13.2 Å². The van der Waals surface area contributed by atoms with Crippen LogP contribution in [0.4, 0.5) is 18.9 Å². The van der Waals surface area contributed by atoms with Crippen molar-refractivity contribution in [1.82, 2.24) is 4.98 Å². The summed E-state index contributed by atoms with van der Waals surface area (Å²) in [6, 6.07) is 4.77. The van der Waals surface area contributed by atoms with Crippen molar-refractivity contribution in [2.24, 2.45) is 0 Å². The number of pyridine rings is 1. The molecule has 2 nitrogen and oxygen atoms in total. The normalized spacial score (nSPS) is 12.2. The molecule has 106 valence electrons. The van der Waals surface area contributed by atoms with Gasteiger partial charge in [-0.05, 0) is 37.1 Å². The molecule has 0 aliphatic rings. The minimum atomic E-state index is -0.524. The van der Waals surface area contributed by atoms with Crippen molar-refractivity contribution < 1.29 is 13.2 Å². The van der Waals surface area contributed by atoms with Crippen molar-refractivity contribution in [2.45, 2.75) is 26.3 Å². The molecular formula is C15H15F3N2. The number of nitrogens with zero attached hydrogens (tertiary/aromatic N) is 1. The van der Waals surface area contributed by atoms with Crippen LogP contribution < -0.4 is 5.32 Å². The van der Waals surface area contributed by atoms with E-state index in [0.717, 1.165) is 18.3 Å². The van der Waals surface area contributed by atoms with Gasteiger partial charge in [0.15, 0.2) is 0 Å². The third-order valence-corrected chi connectivity index (χ3v) is 3.09. The quantitative estimate of drug-likeness (QED) is 0.899. The summed E-state index contributed by atoms with van der Waals surface area (Å²) in [7, 11) is 0. The van der Waals surface area contributed by atoms with E-state index in [0.29, 0.717) is 12.1 Å². The number of aromatic nitrogens is 1. The predicted molar refractivity (Wildman–Crippen MR) is 71.9 cm³/mol. The lowest BCUT2D eigenvalue weighted by molar-refractivity contribution is 0.589. The zero-order chi connectivity index (χ0) is 14.7. The van der Waals surface area contributed by atoms with Gasteiger partial charge in [-0.1, -0.05) is 6.92 Å². The fourth-order valence-corrected chi connectivity index (χ4v) is 1.92. The highest BCUT2D eigenvalue weighted by molar-refractivity contribution is 5.48. The Bertz CT molecular complexity index is 597. The Hall–Kier alpha value is -2.04. The topological polar surface area (TPSA) is 24.9 Å². The standard InChI is InChI=1S/C15H15F3N2/c1-3-13(14-5-4-10(16)8-19-14)20-15-7-11(17)9(2)6-12(15)18/h4-8,13,20H,3H2,1-2H3. The number of hydrogen-bond donors (Lipinski definition) is 1. The van der Waals surface area contributed by atoms with E-state index in [1.165, 1.54) is 19.1 Å². The average Bonchev–Trinajstić information content (AvgIpc) is 2.42. The van der Waals surface area contributed by atoms with Gasteiger partial charge in [-0.3, -0.25) is 4.98 Å². The molecule has 0 bridgehead atoms. The highest BCUT2D eigenvalue weighted by Crippen LogP contribution is 2.25. The van der Waals surface area contributed by atoms with Crippen molar-refractivity contribution in [3.63, 3.8) is 0 Å². The first-order valence-electron chi connectivity index (χ1n) is 6.35. The van der Waals surface area contributed by atoms with E-state index in [2.05, 4.69) is 10.3 Å². The van der Waals surface area contributed by atoms with Crippen molar-refractivity contribution in [3.05, 3.63) is 59.2 Å². The monoisotopic (exact) mass is 280 g/mol. The summed E-state index contributed by atoms with van der Waals surface area (Å²) in [5, 5.41) is 2.90. The maximum Gasteiger partial charge on any atom is 0.146 e. The molecule has 0 amide bonds. The van der Waals surface area contributed by atoms with E-state index in [-0.39, 0.29) is 17.3 Å². The molecule has 1 heterocycles. The molecule has 1 unspecified atom stereocenters. The summed E-state index contributed by atoms with van der Waals surface area (Å²) in [5.41, 5.74) is 0.904. The molecule has 1 atom stereocenters. The molecule has 0 saturated heterocycles. The van der Waals surface area contributed by atoms with E-state index < -0.39 is 17.5 Å². The second-order valence-corrected chi connectivity index (χ2v) is 4.59. The Morgan fingerprint density at radius 2 is 1.90 bits per heavy atom. The van der Waals surface area contributed by atoms with Gasteiger partial charge < -0.3 is 5.32 Å². The summed E-state index contributed by atoms with van der Waals surface area (Å²) in [6.07, 6.45) is 1.71. The SMILES string of the molecule is CCC(Nc1cc(F)c(C)cc1F)c1ccc(F)cn1. The van der Waals surface area contributed by atoms with Crippen LogP contribution >= 0.6 is 0 Å². The van der Waals surface area contributed by atoms with Crippen molar-refractivity contribution in [1.29, 1.82) is 0 Å².